The number of nitrogens with zero attached hydrogens (tertiary/aromatic N) is 1. The maximum Gasteiger partial charge on any atom is 0.238 e. The molecule has 2 N–H and O–H groups in total. The van der Waals surface area contributed by atoms with Crippen molar-refractivity contribution in [3.63, 3.8) is 0 Å². The van der Waals surface area contributed by atoms with Crippen LogP contribution in [0, 0.1) is 17.3 Å². The van der Waals surface area contributed by atoms with E-state index in [1.807, 2.05) is 32.5 Å². The zero-order valence-corrected chi connectivity index (χ0v) is 14.8. The molecule has 128 valence electrons. The highest BCUT2D eigenvalue weighted by Crippen LogP contribution is 2.30. The van der Waals surface area contributed by atoms with Gasteiger partial charge in [-0.05, 0) is 18.8 Å². The Bertz CT molecular complexity index is 520. The molecule has 0 saturated carbocycles. The van der Waals surface area contributed by atoms with Gasteiger partial charge in [0, 0.05) is 24.4 Å². The van der Waals surface area contributed by atoms with Crippen molar-refractivity contribution < 1.29 is 18.0 Å². The first-order valence-electron chi connectivity index (χ1n) is 7.51. The van der Waals surface area contributed by atoms with Gasteiger partial charge < -0.3 is 4.90 Å². The molecule has 8 heteroatoms. The van der Waals surface area contributed by atoms with Gasteiger partial charge in [-0.25, -0.2) is 8.42 Å². The van der Waals surface area contributed by atoms with E-state index in [1.165, 1.54) is 0 Å². The zero-order valence-electron chi connectivity index (χ0n) is 14.0. The van der Waals surface area contributed by atoms with Crippen LogP contribution in [0.25, 0.3) is 0 Å². The van der Waals surface area contributed by atoms with Crippen LogP contribution < -0.4 is 10.3 Å². The molecule has 0 bridgehead atoms. The van der Waals surface area contributed by atoms with E-state index in [2.05, 4.69) is 5.43 Å². The first-order chi connectivity index (χ1) is 9.95. The van der Waals surface area contributed by atoms with Crippen molar-refractivity contribution in [1.82, 2.24) is 15.2 Å². The molecule has 1 fully saturated rings. The molecule has 2 amide bonds. The molecule has 0 aliphatic carbocycles. The minimum absolute atomic E-state index is 0.107. The van der Waals surface area contributed by atoms with Crippen molar-refractivity contribution in [3.8, 4) is 0 Å². The monoisotopic (exact) mass is 333 g/mol. The number of carbonyl (C=O) groups excluding carboxylic acids is 2. The lowest BCUT2D eigenvalue weighted by Crippen LogP contribution is -2.50. The molecule has 0 radical (unpaired) electrons. The van der Waals surface area contributed by atoms with E-state index < -0.39 is 15.4 Å². The summed E-state index contributed by atoms with van der Waals surface area (Å²) in [6, 6.07) is 0. The van der Waals surface area contributed by atoms with Crippen LogP contribution in [0.3, 0.4) is 0 Å². The van der Waals surface area contributed by atoms with E-state index in [-0.39, 0.29) is 23.7 Å². The summed E-state index contributed by atoms with van der Waals surface area (Å²) in [5.41, 5.74) is 1.78. The second kappa shape index (κ2) is 6.95. The molecule has 1 saturated heterocycles. The minimum Gasteiger partial charge on any atom is -0.342 e. The van der Waals surface area contributed by atoms with Crippen molar-refractivity contribution in [1.29, 1.82) is 0 Å². The van der Waals surface area contributed by atoms with Gasteiger partial charge in [-0.3, -0.25) is 15.0 Å². The van der Waals surface area contributed by atoms with E-state index in [9.17, 15) is 18.0 Å². The van der Waals surface area contributed by atoms with Crippen LogP contribution in [0.2, 0.25) is 0 Å². The van der Waals surface area contributed by atoms with Crippen LogP contribution in [0.15, 0.2) is 0 Å². The SMILES string of the molecule is CC(C)C(C)(C)C(=O)N1CCC(C(=O)NNS(C)(=O)=O)CC1. The first-order valence-corrected chi connectivity index (χ1v) is 9.40. The minimum atomic E-state index is -3.46. The van der Waals surface area contributed by atoms with Crippen LogP contribution in [0.5, 0.6) is 0 Å². The smallest absolute Gasteiger partial charge is 0.238 e. The molecule has 0 unspecified atom stereocenters. The first kappa shape index (κ1) is 18.9. The number of piperidine rings is 1. The molecule has 0 aromatic carbocycles. The number of amides is 2. The molecular weight excluding hydrogens is 306 g/mol. The molecule has 1 heterocycles. The Labute approximate surface area is 132 Å². The van der Waals surface area contributed by atoms with Crippen molar-refractivity contribution in [2.24, 2.45) is 17.3 Å². The number of nitrogens with one attached hydrogen (secondary N) is 2. The molecule has 1 aliphatic heterocycles. The van der Waals surface area contributed by atoms with Crippen molar-refractivity contribution in [2.45, 2.75) is 40.5 Å². The second-order valence-electron chi connectivity index (χ2n) is 6.81. The van der Waals surface area contributed by atoms with Gasteiger partial charge in [0.1, 0.15) is 0 Å². The number of hydrogen-bond acceptors (Lipinski definition) is 4. The summed E-state index contributed by atoms with van der Waals surface area (Å²) in [7, 11) is -3.46. The van der Waals surface area contributed by atoms with Gasteiger partial charge in [-0.15, -0.1) is 4.83 Å². The lowest BCUT2D eigenvalue weighted by atomic mass is 9.79. The highest BCUT2D eigenvalue weighted by atomic mass is 32.2. The van der Waals surface area contributed by atoms with Crippen LogP contribution in [0.1, 0.15) is 40.5 Å². The molecule has 0 atom stereocenters. The summed E-state index contributed by atoms with van der Waals surface area (Å²) in [5, 5.41) is 0. The molecule has 0 spiro atoms. The highest BCUT2D eigenvalue weighted by Gasteiger charge is 2.37. The lowest BCUT2D eigenvalue weighted by Gasteiger charge is -2.38. The Morgan fingerprint density at radius 3 is 2.09 bits per heavy atom. The van der Waals surface area contributed by atoms with Crippen molar-refractivity contribution in [2.75, 3.05) is 19.3 Å². The fourth-order valence-electron chi connectivity index (χ4n) is 2.24. The molecule has 1 aliphatic rings. The standard InChI is InChI=1S/C14H27N3O4S/c1-10(2)14(3,4)13(19)17-8-6-11(7-9-17)12(18)15-16-22(5,20)21/h10-11,16H,6-9H2,1-5H3,(H,15,18). The molecule has 7 nitrogen and oxygen atoms in total. The fourth-order valence-corrected chi connectivity index (χ4v) is 2.53. The van der Waals surface area contributed by atoms with E-state index in [0.29, 0.717) is 25.9 Å². The van der Waals surface area contributed by atoms with E-state index in [4.69, 9.17) is 0 Å². The Hall–Kier alpha value is -1.15. The average Bonchev–Trinajstić information content (AvgIpc) is 2.43. The maximum atomic E-state index is 12.5. The number of hydrazine groups is 1. The van der Waals surface area contributed by atoms with Crippen molar-refractivity contribution in [3.05, 3.63) is 0 Å². The number of hydrogen-bond donors (Lipinski definition) is 2. The molecular formula is C14H27N3O4S. The number of sulfonamides is 1. The van der Waals surface area contributed by atoms with Crippen LogP contribution in [-0.4, -0.2) is 44.5 Å². The van der Waals surface area contributed by atoms with E-state index in [1.54, 1.807) is 4.90 Å². The number of rotatable bonds is 5. The topological polar surface area (TPSA) is 95.6 Å². The normalized spacial score (nSPS) is 17.6. The molecule has 22 heavy (non-hydrogen) atoms. The summed E-state index contributed by atoms with van der Waals surface area (Å²) >= 11 is 0. The van der Waals surface area contributed by atoms with Gasteiger partial charge in [-0.2, -0.15) is 0 Å². The predicted molar refractivity (Wildman–Crippen MR) is 84.0 cm³/mol. The summed E-state index contributed by atoms with van der Waals surface area (Å²) in [6.07, 6.45) is 2.05. The predicted octanol–water partition coefficient (Wildman–Crippen LogP) is 0.488. The quantitative estimate of drug-likeness (QED) is 0.716. The Morgan fingerprint density at radius 1 is 1.18 bits per heavy atom. The summed E-state index contributed by atoms with van der Waals surface area (Å²) in [6.45, 7) is 8.96. The summed E-state index contributed by atoms with van der Waals surface area (Å²) in [4.78, 5) is 28.2. The third-order valence-electron chi connectivity index (χ3n) is 4.51. The largest absolute Gasteiger partial charge is 0.342 e. The third kappa shape index (κ3) is 4.95. The lowest BCUT2D eigenvalue weighted by molar-refractivity contribution is -0.145. The maximum absolute atomic E-state index is 12.5. The van der Waals surface area contributed by atoms with E-state index in [0.717, 1.165) is 6.26 Å². The summed E-state index contributed by atoms with van der Waals surface area (Å²) in [5.74, 6) is -0.281. The zero-order chi connectivity index (χ0) is 17.1. The Morgan fingerprint density at radius 2 is 1.68 bits per heavy atom. The fraction of sp³-hybridized carbons (Fsp3) is 0.857. The Balaban J connectivity index is 2.53. The molecule has 1 rings (SSSR count). The van der Waals surface area contributed by atoms with Crippen LogP contribution in [0.4, 0.5) is 0 Å². The second-order valence-corrected chi connectivity index (χ2v) is 8.55. The highest BCUT2D eigenvalue weighted by molar-refractivity contribution is 7.88. The van der Waals surface area contributed by atoms with Gasteiger partial charge in [0.2, 0.25) is 21.8 Å². The number of likely N-dealkylation sites (tertiary alicyclic amines) is 1. The van der Waals surface area contributed by atoms with Gasteiger partial charge in [0.25, 0.3) is 0 Å². The average molecular weight is 333 g/mol. The van der Waals surface area contributed by atoms with Gasteiger partial charge >= 0.3 is 0 Å². The van der Waals surface area contributed by atoms with Gasteiger partial charge in [0.15, 0.2) is 0 Å². The van der Waals surface area contributed by atoms with Gasteiger partial charge in [0.05, 0.1) is 6.26 Å². The van der Waals surface area contributed by atoms with Crippen LogP contribution in [-0.2, 0) is 19.6 Å². The van der Waals surface area contributed by atoms with E-state index >= 15 is 0 Å². The third-order valence-corrected chi connectivity index (χ3v) is 4.98. The van der Waals surface area contributed by atoms with Gasteiger partial charge in [-0.1, -0.05) is 27.7 Å². The van der Waals surface area contributed by atoms with Crippen molar-refractivity contribution >= 4 is 21.8 Å². The number of carbonyl (C=O) groups is 2. The molecule has 0 aromatic heterocycles. The summed E-state index contributed by atoms with van der Waals surface area (Å²) < 4.78 is 21.9. The Kier molecular flexibility index (Phi) is 5.97. The molecule has 0 aromatic rings. The van der Waals surface area contributed by atoms with Crippen LogP contribution >= 0.6 is 0 Å².